The van der Waals surface area contributed by atoms with Gasteiger partial charge in [-0.15, -0.1) is 0 Å². The quantitative estimate of drug-likeness (QED) is 0.814. The van der Waals surface area contributed by atoms with Crippen LogP contribution in [0.1, 0.15) is 19.8 Å². The van der Waals surface area contributed by atoms with Gasteiger partial charge in [0.2, 0.25) is 10.0 Å². The van der Waals surface area contributed by atoms with Crippen molar-refractivity contribution in [1.29, 1.82) is 0 Å². The van der Waals surface area contributed by atoms with Crippen LogP contribution in [0.15, 0.2) is 23.2 Å². The minimum atomic E-state index is -3.42. The topological polar surface area (TPSA) is 85.1 Å². The number of nitrogen functional groups attached to an aromatic ring is 1. The molecule has 1 fully saturated rings. The molecule has 1 heterocycles. The molecule has 0 amide bonds. The van der Waals surface area contributed by atoms with Gasteiger partial charge in [0, 0.05) is 12.2 Å². The van der Waals surface area contributed by atoms with E-state index in [2.05, 4.69) is 16.6 Å². The van der Waals surface area contributed by atoms with Gasteiger partial charge in [0.25, 0.3) is 0 Å². The van der Waals surface area contributed by atoms with Crippen molar-refractivity contribution in [2.75, 3.05) is 5.73 Å². The molecule has 1 aromatic heterocycles. The van der Waals surface area contributed by atoms with E-state index in [0.717, 1.165) is 12.8 Å². The van der Waals surface area contributed by atoms with Gasteiger partial charge in [-0.1, -0.05) is 13.3 Å². The first kappa shape index (κ1) is 11.3. The van der Waals surface area contributed by atoms with Gasteiger partial charge in [0.15, 0.2) is 0 Å². The molecule has 2 unspecified atom stereocenters. The molecule has 0 saturated heterocycles. The van der Waals surface area contributed by atoms with Crippen molar-refractivity contribution in [3.05, 3.63) is 18.3 Å². The lowest BCUT2D eigenvalue weighted by Crippen LogP contribution is -2.27. The fourth-order valence-corrected chi connectivity index (χ4v) is 2.92. The summed E-state index contributed by atoms with van der Waals surface area (Å²) in [5.74, 6) is 0.799. The van der Waals surface area contributed by atoms with Crippen LogP contribution in [0.5, 0.6) is 0 Å². The minimum Gasteiger partial charge on any atom is -0.384 e. The van der Waals surface area contributed by atoms with Crippen LogP contribution in [-0.2, 0) is 10.0 Å². The summed E-state index contributed by atoms with van der Waals surface area (Å²) < 4.78 is 26.4. The van der Waals surface area contributed by atoms with Crippen LogP contribution in [0, 0.1) is 5.92 Å². The summed E-state index contributed by atoms with van der Waals surface area (Å²) in [6, 6.07) is 3.04. The minimum absolute atomic E-state index is 0.0903. The highest BCUT2D eigenvalue weighted by atomic mass is 32.2. The number of pyridine rings is 1. The summed E-state index contributed by atoms with van der Waals surface area (Å²) in [7, 11) is -3.42. The lowest BCUT2D eigenvalue weighted by Gasteiger charge is -2.05. The number of rotatable bonds is 4. The number of anilines is 1. The molecule has 3 N–H and O–H groups in total. The van der Waals surface area contributed by atoms with Crippen LogP contribution in [-0.4, -0.2) is 19.4 Å². The molecule has 88 valence electrons. The first-order valence-electron chi connectivity index (χ1n) is 5.27. The third-order valence-electron chi connectivity index (χ3n) is 2.82. The zero-order valence-electron chi connectivity index (χ0n) is 9.05. The highest BCUT2D eigenvalue weighted by molar-refractivity contribution is 7.89. The maximum atomic E-state index is 11.9. The zero-order chi connectivity index (χ0) is 11.8. The van der Waals surface area contributed by atoms with Crippen molar-refractivity contribution >= 4 is 15.8 Å². The molecule has 0 aromatic carbocycles. The monoisotopic (exact) mass is 241 g/mol. The summed E-state index contributed by atoms with van der Waals surface area (Å²) in [5.41, 5.74) is 5.40. The molecule has 5 nitrogen and oxygen atoms in total. The molecule has 1 aromatic rings. The van der Waals surface area contributed by atoms with Crippen molar-refractivity contribution in [3.8, 4) is 0 Å². The Labute approximate surface area is 95.1 Å². The Morgan fingerprint density at radius 3 is 2.81 bits per heavy atom. The first-order chi connectivity index (χ1) is 7.53. The Morgan fingerprint density at radius 1 is 1.56 bits per heavy atom. The molecule has 16 heavy (non-hydrogen) atoms. The van der Waals surface area contributed by atoms with E-state index in [9.17, 15) is 8.42 Å². The fourth-order valence-electron chi connectivity index (χ4n) is 1.66. The number of nitrogens with two attached hydrogens (primary N) is 1. The van der Waals surface area contributed by atoms with Crippen molar-refractivity contribution in [3.63, 3.8) is 0 Å². The number of nitrogens with one attached hydrogen (secondary N) is 1. The summed E-state index contributed by atoms with van der Waals surface area (Å²) in [6.07, 6.45) is 3.21. The Kier molecular flexibility index (Phi) is 2.86. The van der Waals surface area contributed by atoms with Gasteiger partial charge in [-0.25, -0.2) is 18.1 Å². The standard InChI is InChI=1S/C10H15N3O2S/c1-2-7-5-9(7)13-16(14,15)8-3-4-10(11)12-6-8/h3-4,6-7,9,13H,2,5H2,1H3,(H2,11,12). The predicted molar refractivity (Wildman–Crippen MR) is 61.2 cm³/mol. The number of sulfonamides is 1. The highest BCUT2D eigenvalue weighted by Gasteiger charge is 2.38. The van der Waals surface area contributed by atoms with Crippen LogP contribution in [0.2, 0.25) is 0 Å². The molecule has 0 bridgehead atoms. The Morgan fingerprint density at radius 2 is 2.31 bits per heavy atom. The maximum absolute atomic E-state index is 11.9. The molecule has 1 aliphatic rings. The van der Waals surface area contributed by atoms with Gasteiger partial charge >= 0.3 is 0 Å². The van der Waals surface area contributed by atoms with Gasteiger partial charge in [0.05, 0.1) is 0 Å². The average molecular weight is 241 g/mol. The largest absolute Gasteiger partial charge is 0.384 e. The smallest absolute Gasteiger partial charge is 0.242 e. The second kappa shape index (κ2) is 4.03. The van der Waals surface area contributed by atoms with E-state index in [1.165, 1.54) is 18.3 Å². The van der Waals surface area contributed by atoms with E-state index < -0.39 is 10.0 Å². The molecule has 0 aliphatic heterocycles. The molecule has 2 atom stereocenters. The Hall–Kier alpha value is -1.14. The molecule has 1 aliphatic carbocycles. The molecular formula is C10H15N3O2S. The van der Waals surface area contributed by atoms with E-state index in [1.807, 2.05) is 0 Å². The van der Waals surface area contributed by atoms with Crippen LogP contribution < -0.4 is 10.5 Å². The van der Waals surface area contributed by atoms with Crippen LogP contribution in [0.3, 0.4) is 0 Å². The zero-order valence-corrected chi connectivity index (χ0v) is 9.87. The van der Waals surface area contributed by atoms with Crippen molar-refractivity contribution in [1.82, 2.24) is 9.71 Å². The summed E-state index contributed by atoms with van der Waals surface area (Å²) >= 11 is 0. The number of hydrogen-bond acceptors (Lipinski definition) is 4. The first-order valence-corrected chi connectivity index (χ1v) is 6.75. The van der Waals surface area contributed by atoms with Gasteiger partial charge in [0.1, 0.15) is 10.7 Å². The van der Waals surface area contributed by atoms with Crippen molar-refractivity contribution in [2.45, 2.75) is 30.7 Å². The van der Waals surface area contributed by atoms with Gasteiger partial charge in [-0.05, 0) is 24.5 Å². The fraction of sp³-hybridized carbons (Fsp3) is 0.500. The molecule has 0 radical (unpaired) electrons. The second-order valence-corrected chi connectivity index (χ2v) is 5.76. The van der Waals surface area contributed by atoms with E-state index in [4.69, 9.17) is 5.73 Å². The maximum Gasteiger partial charge on any atom is 0.242 e. The normalized spacial score (nSPS) is 24.3. The van der Waals surface area contributed by atoms with E-state index in [-0.39, 0.29) is 10.9 Å². The van der Waals surface area contributed by atoms with Crippen LogP contribution >= 0.6 is 0 Å². The summed E-state index contributed by atoms with van der Waals surface area (Å²) in [6.45, 7) is 2.06. The second-order valence-electron chi connectivity index (χ2n) is 4.05. The van der Waals surface area contributed by atoms with Crippen molar-refractivity contribution < 1.29 is 8.42 Å². The number of aromatic nitrogens is 1. The molecule has 0 spiro atoms. The third-order valence-corrected chi connectivity index (χ3v) is 4.30. The lowest BCUT2D eigenvalue weighted by molar-refractivity contribution is 0.575. The molecule has 1 saturated carbocycles. The molecule has 2 rings (SSSR count). The predicted octanol–water partition coefficient (Wildman–Crippen LogP) is 0.741. The number of nitrogens with zero attached hydrogens (tertiary/aromatic N) is 1. The van der Waals surface area contributed by atoms with Crippen LogP contribution in [0.4, 0.5) is 5.82 Å². The Bertz CT molecular complexity index is 469. The average Bonchev–Trinajstić information content (AvgIpc) is 2.96. The summed E-state index contributed by atoms with van der Waals surface area (Å²) in [4.78, 5) is 3.94. The number of hydrogen-bond donors (Lipinski definition) is 2. The van der Waals surface area contributed by atoms with E-state index in [1.54, 1.807) is 0 Å². The van der Waals surface area contributed by atoms with Gasteiger partial charge in [-0.2, -0.15) is 0 Å². The SMILES string of the molecule is CCC1CC1NS(=O)(=O)c1ccc(N)nc1. The molecular weight excluding hydrogens is 226 g/mol. The van der Waals surface area contributed by atoms with Crippen molar-refractivity contribution in [2.24, 2.45) is 5.92 Å². The third kappa shape index (κ3) is 2.33. The summed E-state index contributed by atoms with van der Waals surface area (Å²) in [5, 5.41) is 0. The van der Waals surface area contributed by atoms with E-state index in [0.29, 0.717) is 11.7 Å². The Balaban J connectivity index is 2.10. The van der Waals surface area contributed by atoms with Crippen LogP contribution in [0.25, 0.3) is 0 Å². The van der Waals surface area contributed by atoms with E-state index >= 15 is 0 Å². The molecule has 6 heteroatoms. The highest BCUT2D eigenvalue weighted by Crippen LogP contribution is 2.34. The lowest BCUT2D eigenvalue weighted by atomic mass is 10.3. The van der Waals surface area contributed by atoms with Gasteiger partial charge in [-0.3, -0.25) is 0 Å². The van der Waals surface area contributed by atoms with Gasteiger partial charge < -0.3 is 5.73 Å².